The van der Waals surface area contributed by atoms with E-state index in [4.69, 9.17) is 0 Å². The fraction of sp³-hybridized carbons (Fsp3) is 0.680. The number of nitriles is 1. The van der Waals surface area contributed by atoms with E-state index in [1.165, 1.54) is 48.7 Å². The van der Waals surface area contributed by atoms with Crippen molar-refractivity contribution in [2.45, 2.75) is 83.7 Å². The first kappa shape index (κ1) is 24.3. The normalized spacial score (nSPS) is 19.2. The standard InChI is InChI=1S/C25H35N5OS2/c1-25(2,3)17-10-11-18-19(14-26)23(33-20(18)13-17)27-22(31)15-32-24-29-28-21(30(24)4)12-16-8-6-5-7-9-16/h16-17H,5-13,15H2,1-4H3,(H,27,31). The molecule has 4 rings (SSSR count). The second-order valence-electron chi connectivity index (χ2n) is 10.6. The van der Waals surface area contributed by atoms with Crippen LogP contribution in [0, 0.1) is 28.6 Å². The molecule has 6 nitrogen and oxygen atoms in total. The van der Waals surface area contributed by atoms with Crippen molar-refractivity contribution in [2.75, 3.05) is 11.1 Å². The summed E-state index contributed by atoms with van der Waals surface area (Å²) < 4.78 is 2.03. The number of hydrogen-bond donors (Lipinski definition) is 1. The first-order valence-corrected chi connectivity index (χ1v) is 13.9. The molecule has 2 aliphatic rings. The molecule has 0 bridgehead atoms. The summed E-state index contributed by atoms with van der Waals surface area (Å²) in [6.45, 7) is 6.86. The molecule has 1 amide bonds. The highest BCUT2D eigenvalue weighted by Gasteiger charge is 2.32. The monoisotopic (exact) mass is 485 g/mol. The molecule has 2 heterocycles. The number of amides is 1. The Labute approximate surface area is 205 Å². The van der Waals surface area contributed by atoms with E-state index in [2.05, 4.69) is 42.4 Å². The van der Waals surface area contributed by atoms with Gasteiger partial charge >= 0.3 is 0 Å². The minimum atomic E-state index is -0.0979. The quantitative estimate of drug-likeness (QED) is 0.527. The topological polar surface area (TPSA) is 83.6 Å². The minimum Gasteiger partial charge on any atom is -0.316 e. The lowest BCUT2D eigenvalue weighted by Gasteiger charge is -2.33. The molecule has 1 atom stereocenters. The molecule has 1 N–H and O–H groups in total. The van der Waals surface area contributed by atoms with Gasteiger partial charge in [-0.25, -0.2) is 0 Å². The minimum absolute atomic E-state index is 0.0979. The van der Waals surface area contributed by atoms with Crippen LogP contribution in [-0.2, 0) is 31.1 Å². The van der Waals surface area contributed by atoms with Crippen molar-refractivity contribution in [1.29, 1.82) is 5.26 Å². The van der Waals surface area contributed by atoms with Crippen LogP contribution in [0.2, 0.25) is 0 Å². The Morgan fingerprint density at radius 2 is 2.00 bits per heavy atom. The van der Waals surface area contributed by atoms with Crippen molar-refractivity contribution < 1.29 is 4.79 Å². The molecule has 1 unspecified atom stereocenters. The van der Waals surface area contributed by atoms with Crippen molar-refractivity contribution in [3.63, 3.8) is 0 Å². The fourth-order valence-electron chi connectivity index (χ4n) is 5.12. The predicted octanol–water partition coefficient (Wildman–Crippen LogP) is 5.75. The molecule has 2 aromatic heterocycles. The van der Waals surface area contributed by atoms with Crippen molar-refractivity contribution >= 4 is 34.0 Å². The molecular weight excluding hydrogens is 450 g/mol. The molecule has 0 radical (unpaired) electrons. The lowest BCUT2D eigenvalue weighted by Crippen LogP contribution is -2.26. The van der Waals surface area contributed by atoms with E-state index in [1.807, 2.05) is 11.6 Å². The van der Waals surface area contributed by atoms with Gasteiger partial charge in [0.2, 0.25) is 5.91 Å². The van der Waals surface area contributed by atoms with Crippen LogP contribution in [0.4, 0.5) is 5.00 Å². The van der Waals surface area contributed by atoms with Crippen molar-refractivity contribution in [2.24, 2.45) is 24.3 Å². The number of nitrogens with zero attached hydrogens (tertiary/aromatic N) is 4. The molecule has 33 heavy (non-hydrogen) atoms. The number of carbonyl (C=O) groups excluding carboxylic acids is 1. The highest BCUT2D eigenvalue weighted by Crippen LogP contribution is 2.44. The third-order valence-corrected chi connectivity index (χ3v) is 9.50. The molecule has 0 aromatic carbocycles. The van der Waals surface area contributed by atoms with Crippen LogP contribution in [0.15, 0.2) is 5.16 Å². The summed E-state index contributed by atoms with van der Waals surface area (Å²) in [5.74, 6) is 2.48. The fourth-order valence-corrected chi connectivity index (χ4v) is 7.15. The highest BCUT2D eigenvalue weighted by molar-refractivity contribution is 7.99. The number of thioether (sulfide) groups is 1. The van der Waals surface area contributed by atoms with Gasteiger partial charge in [0, 0.05) is 18.3 Å². The lowest BCUT2D eigenvalue weighted by molar-refractivity contribution is -0.113. The van der Waals surface area contributed by atoms with Crippen LogP contribution >= 0.6 is 23.1 Å². The number of rotatable bonds is 6. The van der Waals surface area contributed by atoms with Gasteiger partial charge in [0.1, 0.15) is 16.9 Å². The maximum atomic E-state index is 12.7. The Morgan fingerprint density at radius 3 is 2.70 bits per heavy atom. The van der Waals surface area contributed by atoms with Crippen molar-refractivity contribution in [1.82, 2.24) is 14.8 Å². The number of nitrogens with one attached hydrogen (secondary N) is 1. The molecular formula is C25H35N5OS2. The van der Waals surface area contributed by atoms with E-state index in [9.17, 15) is 10.1 Å². The average Bonchev–Trinajstić information content (AvgIpc) is 3.31. The molecule has 178 valence electrons. The number of anilines is 1. The van der Waals surface area contributed by atoms with Gasteiger partial charge < -0.3 is 9.88 Å². The van der Waals surface area contributed by atoms with E-state index in [-0.39, 0.29) is 17.1 Å². The van der Waals surface area contributed by atoms with Gasteiger partial charge in [0.05, 0.1) is 11.3 Å². The Balaban J connectivity index is 1.36. The summed E-state index contributed by atoms with van der Waals surface area (Å²) in [6, 6.07) is 2.35. The second-order valence-corrected chi connectivity index (χ2v) is 12.7. The van der Waals surface area contributed by atoms with E-state index >= 15 is 0 Å². The number of thiophene rings is 1. The van der Waals surface area contributed by atoms with Crippen LogP contribution in [0.5, 0.6) is 0 Å². The van der Waals surface area contributed by atoms with Gasteiger partial charge in [-0.15, -0.1) is 21.5 Å². The number of carbonyl (C=O) groups is 1. The van der Waals surface area contributed by atoms with Gasteiger partial charge in [-0.2, -0.15) is 5.26 Å². The van der Waals surface area contributed by atoms with E-state index in [1.54, 1.807) is 11.3 Å². The molecule has 2 aliphatic carbocycles. The number of aromatic nitrogens is 3. The Bertz CT molecular complexity index is 1040. The van der Waals surface area contributed by atoms with Crippen LogP contribution in [0.25, 0.3) is 0 Å². The smallest absolute Gasteiger partial charge is 0.235 e. The van der Waals surface area contributed by atoms with Gasteiger partial charge in [-0.05, 0) is 42.1 Å². The van der Waals surface area contributed by atoms with Crippen LogP contribution < -0.4 is 5.32 Å². The van der Waals surface area contributed by atoms with Crippen LogP contribution in [0.3, 0.4) is 0 Å². The molecule has 8 heteroatoms. The second kappa shape index (κ2) is 10.2. The molecule has 0 aliphatic heterocycles. The Morgan fingerprint density at radius 1 is 1.24 bits per heavy atom. The van der Waals surface area contributed by atoms with E-state index in [0.29, 0.717) is 22.4 Å². The Hall–Kier alpha value is -1.85. The predicted molar refractivity (Wildman–Crippen MR) is 135 cm³/mol. The first-order chi connectivity index (χ1) is 15.8. The third kappa shape index (κ3) is 5.63. The van der Waals surface area contributed by atoms with Crippen molar-refractivity contribution in [3.05, 3.63) is 21.8 Å². The number of hydrogen-bond acceptors (Lipinski definition) is 6. The SMILES string of the molecule is Cn1c(CC2CCCCC2)nnc1SCC(=O)Nc1sc2c(c1C#N)CCC(C(C)(C)C)C2. The van der Waals surface area contributed by atoms with Crippen molar-refractivity contribution in [3.8, 4) is 6.07 Å². The zero-order chi connectivity index (χ0) is 23.6. The largest absolute Gasteiger partial charge is 0.316 e. The van der Waals surface area contributed by atoms with E-state index in [0.717, 1.165) is 42.2 Å². The molecule has 2 aromatic rings. The maximum absolute atomic E-state index is 12.7. The first-order valence-electron chi connectivity index (χ1n) is 12.1. The van der Waals surface area contributed by atoms with Gasteiger partial charge in [-0.3, -0.25) is 4.79 Å². The highest BCUT2D eigenvalue weighted by atomic mass is 32.2. The van der Waals surface area contributed by atoms with Crippen LogP contribution in [-0.4, -0.2) is 26.4 Å². The molecule has 1 fully saturated rings. The summed E-state index contributed by atoms with van der Waals surface area (Å²) in [6.07, 6.45) is 10.5. The summed E-state index contributed by atoms with van der Waals surface area (Å²) >= 11 is 2.99. The van der Waals surface area contributed by atoms with E-state index < -0.39 is 0 Å². The maximum Gasteiger partial charge on any atom is 0.235 e. The molecule has 0 saturated heterocycles. The number of fused-ring (bicyclic) bond motifs is 1. The average molecular weight is 486 g/mol. The van der Waals surface area contributed by atoms with Gasteiger partial charge in [0.25, 0.3) is 0 Å². The Kier molecular flexibility index (Phi) is 7.49. The summed E-state index contributed by atoms with van der Waals surface area (Å²) in [5.41, 5.74) is 2.06. The molecule has 0 spiro atoms. The molecule has 1 saturated carbocycles. The zero-order valence-corrected chi connectivity index (χ0v) is 21.9. The summed E-state index contributed by atoms with van der Waals surface area (Å²) in [7, 11) is 1.99. The lowest BCUT2D eigenvalue weighted by atomic mass is 9.72. The summed E-state index contributed by atoms with van der Waals surface area (Å²) in [4.78, 5) is 14.0. The third-order valence-electron chi connectivity index (χ3n) is 7.31. The zero-order valence-electron chi connectivity index (χ0n) is 20.2. The van der Waals surface area contributed by atoms with Crippen LogP contribution in [0.1, 0.15) is 81.1 Å². The van der Waals surface area contributed by atoms with Gasteiger partial charge in [-0.1, -0.05) is 64.6 Å². The summed E-state index contributed by atoms with van der Waals surface area (Å²) in [5, 5.41) is 23.0. The van der Waals surface area contributed by atoms with Gasteiger partial charge in [0.15, 0.2) is 5.16 Å².